The summed E-state index contributed by atoms with van der Waals surface area (Å²) in [5, 5.41) is 0. The molecule has 2 N–H and O–H groups in total. The molecule has 0 aliphatic carbocycles. The number of hydrogen-bond acceptors (Lipinski definition) is 2. The van der Waals surface area contributed by atoms with Crippen molar-refractivity contribution in [3.8, 4) is 0 Å². The van der Waals surface area contributed by atoms with Crippen LogP contribution in [0.1, 0.15) is 46.4 Å². The third-order valence-electron chi connectivity index (χ3n) is 3.41. The second-order valence-corrected chi connectivity index (χ2v) is 4.78. The molecule has 2 aromatic carbocycles. The van der Waals surface area contributed by atoms with Gasteiger partial charge in [0.15, 0.2) is 5.78 Å². The summed E-state index contributed by atoms with van der Waals surface area (Å²) in [6.45, 7) is 4.00. The lowest BCUT2D eigenvalue weighted by molar-refractivity contribution is 0.103. The minimum absolute atomic E-state index is 0. The fraction of sp³-hybridized carbons (Fsp3) is 0.235. The molecule has 0 aliphatic rings. The van der Waals surface area contributed by atoms with Gasteiger partial charge in [0.05, 0.1) is 0 Å². The minimum Gasteiger partial charge on any atom is -0.324 e. The van der Waals surface area contributed by atoms with Crippen molar-refractivity contribution >= 4 is 18.2 Å². The number of carbonyl (C=O) groups is 1. The lowest BCUT2D eigenvalue weighted by Gasteiger charge is -2.11. The van der Waals surface area contributed by atoms with Crippen molar-refractivity contribution in [1.82, 2.24) is 0 Å². The first-order valence-corrected chi connectivity index (χ1v) is 6.59. The molecule has 0 radical (unpaired) electrons. The number of aryl methyl sites for hydroxylation is 1. The smallest absolute Gasteiger partial charge is 0.193 e. The minimum atomic E-state index is -0.00961. The number of ketones is 1. The molecule has 2 rings (SSSR count). The van der Waals surface area contributed by atoms with Crippen molar-refractivity contribution in [2.24, 2.45) is 5.73 Å². The van der Waals surface area contributed by atoms with Crippen LogP contribution in [0.25, 0.3) is 0 Å². The third kappa shape index (κ3) is 3.47. The van der Waals surface area contributed by atoms with Gasteiger partial charge in [-0.05, 0) is 30.5 Å². The summed E-state index contributed by atoms with van der Waals surface area (Å²) in [6, 6.07) is 15.3. The summed E-state index contributed by atoms with van der Waals surface area (Å²) in [6.07, 6.45) is 0.863. The van der Waals surface area contributed by atoms with Crippen molar-refractivity contribution < 1.29 is 4.79 Å². The first-order valence-electron chi connectivity index (χ1n) is 6.59. The predicted octanol–water partition coefficient (Wildman–Crippen LogP) is 4.06. The van der Waals surface area contributed by atoms with E-state index in [2.05, 4.69) is 0 Å². The van der Waals surface area contributed by atoms with E-state index in [0.29, 0.717) is 5.56 Å². The molecule has 0 bridgehead atoms. The summed E-state index contributed by atoms with van der Waals surface area (Å²) in [5.41, 5.74) is 9.49. The van der Waals surface area contributed by atoms with Crippen molar-refractivity contribution in [3.05, 3.63) is 70.8 Å². The molecule has 0 aromatic heterocycles. The average Bonchev–Trinajstić information content (AvgIpc) is 2.46. The van der Waals surface area contributed by atoms with Crippen LogP contribution in [0.5, 0.6) is 0 Å². The Morgan fingerprint density at radius 3 is 2.50 bits per heavy atom. The molecule has 0 spiro atoms. The number of benzene rings is 2. The normalized spacial score (nSPS) is 11.6. The van der Waals surface area contributed by atoms with Gasteiger partial charge in [0.1, 0.15) is 0 Å². The molecule has 0 saturated carbocycles. The van der Waals surface area contributed by atoms with Crippen LogP contribution in [-0.4, -0.2) is 5.78 Å². The van der Waals surface area contributed by atoms with Gasteiger partial charge in [0, 0.05) is 17.2 Å². The topological polar surface area (TPSA) is 43.1 Å². The Balaban J connectivity index is 0.00000200. The molecule has 3 heteroatoms. The van der Waals surface area contributed by atoms with Gasteiger partial charge in [-0.15, -0.1) is 12.4 Å². The number of hydrogen-bond donors (Lipinski definition) is 1. The van der Waals surface area contributed by atoms with E-state index in [-0.39, 0.29) is 24.2 Å². The molecule has 20 heavy (non-hydrogen) atoms. The Kier molecular flexibility index (Phi) is 5.93. The molecule has 106 valence electrons. The molecule has 0 saturated heterocycles. The van der Waals surface area contributed by atoms with E-state index in [1.54, 1.807) is 0 Å². The van der Waals surface area contributed by atoms with Gasteiger partial charge in [-0.25, -0.2) is 0 Å². The Labute approximate surface area is 126 Å². The SMILES string of the molecule is CC[C@H](N)c1cccc(C(=O)c2ccccc2C)c1.Cl. The van der Waals surface area contributed by atoms with Crippen molar-refractivity contribution in [1.29, 1.82) is 0 Å². The fourth-order valence-corrected chi connectivity index (χ4v) is 2.13. The second-order valence-electron chi connectivity index (χ2n) is 4.78. The van der Waals surface area contributed by atoms with Gasteiger partial charge in [0.25, 0.3) is 0 Å². The Morgan fingerprint density at radius 2 is 1.85 bits per heavy atom. The molecule has 0 amide bonds. The molecule has 2 nitrogen and oxygen atoms in total. The summed E-state index contributed by atoms with van der Waals surface area (Å²) in [4.78, 5) is 12.5. The van der Waals surface area contributed by atoms with Crippen LogP contribution in [0.2, 0.25) is 0 Å². The summed E-state index contributed by atoms with van der Waals surface area (Å²) < 4.78 is 0. The number of rotatable bonds is 4. The lowest BCUT2D eigenvalue weighted by Crippen LogP contribution is -2.10. The summed E-state index contributed by atoms with van der Waals surface area (Å²) >= 11 is 0. The zero-order valence-corrected chi connectivity index (χ0v) is 12.6. The van der Waals surface area contributed by atoms with Gasteiger partial charge < -0.3 is 5.73 Å². The van der Waals surface area contributed by atoms with E-state index in [4.69, 9.17) is 5.73 Å². The average molecular weight is 290 g/mol. The van der Waals surface area contributed by atoms with E-state index in [1.165, 1.54) is 0 Å². The van der Waals surface area contributed by atoms with E-state index in [1.807, 2.05) is 62.4 Å². The largest absolute Gasteiger partial charge is 0.324 e. The van der Waals surface area contributed by atoms with Gasteiger partial charge in [0.2, 0.25) is 0 Å². The lowest BCUT2D eigenvalue weighted by atomic mass is 9.96. The fourth-order valence-electron chi connectivity index (χ4n) is 2.13. The highest BCUT2D eigenvalue weighted by molar-refractivity contribution is 6.09. The summed E-state index contributed by atoms with van der Waals surface area (Å²) in [7, 11) is 0. The highest BCUT2D eigenvalue weighted by Crippen LogP contribution is 2.19. The summed E-state index contributed by atoms with van der Waals surface area (Å²) in [5.74, 6) is 0.0586. The van der Waals surface area contributed by atoms with E-state index in [9.17, 15) is 4.79 Å². The molecule has 0 fully saturated rings. The molecular weight excluding hydrogens is 270 g/mol. The van der Waals surface area contributed by atoms with Crippen LogP contribution in [0, 0.1) is 6.92 Å². The molecule has 2 aromatic rings. The van der Waals surface area contributed by atoms with Crippen molar-refractivity contribution in [3.63, 3.8) is 0 Å². The number of nitrogens with two attached hydrogens (primary N) is 1. The first kappa shape index (κ1) is 16.4. The van der Waals surface area contributed by atoms with Crippen LogP contribution >= 0.6 is 12.4 Å². The van der Waals surface area contributed by atoms with Crippen molar-refractivity contribution in [2.45, 2.75) is 26.3 Å². The van der Waals surface area contributed by atoms with E-state index < -0.39 is 0 Å². The van der Waals surface area contributed by atoms with Gasteiger partial charge in [-0.3, -0.25) is 4.79 Å². The molecule has 1 atom stereocenters. The Bertz CT molecular complexity index is 595. The van der Waals surface area contributed by atoms with Crippen LogP contribution in [0.3, 0.4) is 0 Å². The van der Waals surface area contributed by atoms with Crippen LogP contribution < -0.4 is 5.73 Å². The number of carbonyl (C=O) groups excluding carboxylic acids is 1. The maximum atomic E-state index is 12.5. The second kappa shape index (κ2) is 7.22. The predicted molar refractivity (Wildman–Crippen MR) is 85.5 cm³/mol. The van der Waals surface area contributed by atoms with Gasteiger partial charge >= 0.3 is 0 Å². The molecular formula is C17H20ClNO. The Morgan fingerprint density at radius 1 is 1.15 bits per heavy atom. The maximum absolute atomic E-state index is 12.5. The maximum Gasteiger partial charge on any atom is 0.193 e. The molecule has 0 aliphatic heterocycles. The first-order chi connectivity index (χ1) is 9.13. The molecule has 0 heterocycles. The van der Waals surface area contributed by atoms with Gasteiger partial charge in [-0.1, -0.05) is 49.4 Å². The highest BCUT2D eigenvalue weighted by atomic mass is 35.5. The zero-order valence-electron chi connectivity index (χ0n) is 11.8. The third-order valence-corrected chi connectivity index (χ3v) is 3.41. The Hall–Kier alpha value is -1.64. The standard InChI is InChI=1S/C17H19NO.ClH/c1-3-16(18)13-8-6-9-14(11-13)17(19)15-10-5-4-7-12(15)2;/h4-11,16H,3,18H2,1-2H3;1H/t16-;/m0./s1. The van der Waals surface area contributed by atoms with E-state index in [0.717, 1.165) is 23.1 Å². The number of halogens is 1. The zero-order chi connectivity index (χ0) is 13.8. The van der Waals surface area contributed by atoms with Crippen LogP contribution in [0.15, 0.2) is 48.5 Å². The van der Waals surface area contributed by atoms with Crippen LogP contribution in [0.4, 0.5) is 0 Å². The molecule has 0 unspecified atom stereocenters. The quantitative estimate of drug-likeness (QED) is 0.863. The van der Waals surface area contributed by atoms with Gasteiger partial charge in [-0.2, -0.15) is 0 Å². The van der Waals surface area contributed by atoms with Crippen LogP contribution in [-0.2, 0) is 0 Å². The highest BCUT2D eigenvalue weighted by Gasteiger charge is 2.12. The monoisotopic (exact) mass is 289 g/mol. The van der Waals surface area contributed by atoms with Crippen molar-refractivity contribution in [2.75, 3.05) is 0 Å². The van der Waals surface area contributed by atoms with E-state index >= 15 is 0 Å².